The number of alkyl halides is 3. The van der Waals surface area contributed by atoms with Crippen LogP contribution in [-0.2, 0) is 11.2 Å². The van der Waals surface area contributed by atoms with Gasteiger partial charge in [0.05, 0.1) is 0 Å². The summed E-state index contributed by atoms with van der Waals surface area (Å²) in [7, 11) is 0. The van der Waals surface area contributed by atoms with Crippen molar-refractivity contribution in [3.8, 4) is 0 Å². The molecule has 1 nitrogen and oxygen atoms in total. The number of benzene rings is 1. The second-order valence-electron chi connectivity index (χ2n) is 3.53. The monoisotopic (exact) mass is 216 g/mol. The molecule has 0 spiro atoms. The van der Waals surface area contributed by atoms with Gasteiger partial charge in [-0.2, -0.15) is 13.2 Å². The zero-order chi connectivity index (χ0) is 11.6. The lowest BCUT2D eigenvalue weighted by atomic mass is 10.0. The summed E-state index contributed by atoms with van der Waals surface area (Å²) in [4.78, 5) is 10.8. The van der Waals surface area contributed by atoms with Crippen molar-refractivity contribution in [2.24, 2.45) is 0 Å². The second-order valence-corrected chi connectivity index (χ2v) is 3.53. The van der Waals surface area contributed by atoms with Gasteiger partial charge in [0, 0.05) is 6.42 Å². The molecule has 0 atom stereocenters. The first kappa shape index (κ1) is 11.8. The maximum Gasteiger partial charge on any atom is 0.450 e. The Morgan fingerprint density at radius 1 is 1.27 bits per heavy atom. The Bertz CT molecular complexity index is 380. The first-order valence-corrected chi connectivity index (χ1v) is 4.47. The summed E-state index contributed by atoms with van der Waals surface area (Å²) in [6.07, 6.45) is -5.31. The van der Waals surface area contributed by atoms with E-state index in [2.05, 4.69) is 0 Å². The number of hydrogen-bond donors (Lipinski definition) is 0. The highest BCUT2D eigenvalue weighted by Gasteiger charge is 2.37. The van der Waals surface area contributed by atoms with Crippen molar-refractivity contribution in [3.63, 3.8) is 0 Å². The van der Waals surface area contributed by atoms with Gasteiger partial charge in [0.1, 0.15) is 0 Å². The lowest BCUT2D eigenvalue weighted by Crippen LogP contribution is -2.24. The number of aryl methyl sites for hydroxylation is 2. The summed E-state index contributed by atoms with van der Waals surface area (Å²) >= 11 is 0. The number of carbonyl (C=O) groups excluding carboxylic acids is 1. The summed E-state index contributed by atoms with van der Waals surface area (Å²) in [6.45, 7) is 3.47. The van der Waals surface area contributed by atoms with Crippen molar-refractivity contribution in [1.82, 2.24) is 0 Å². The normalized spacial score (nSPS) is 11.5. The molecule has 15 heavy (non-hydrogen) atoms. The largest absolute Gasteiger partial charge is 0.450 e. The topological polar surface area (TPSA) is 17.1 Å². The predicted octanol–water partition coefficient (Wildman–Crippen LogP) is 2.98. The van der Waals surface area contributed by atoms with E-state index in [9.17, 15) is 18.0 Å². The highest BCUT2D eigenvalue weighted by atomic mass is 19.4. The van der Waals surface area contributed by atoms with Crippen LogP contribution in [0.1, 0.15) is 16.7 Å². The van der Waals surface area contributed by atoms with Gasteiger partial charge in [-0.05, 0) is 25.0 Å². The van der Waals surface area contributed by atoms with Crippen LogP contribution >= 0.6 is 0 Å². The molecular formula is C11H11F3O. The fourth-order valence-electron chi connectivity index (χ4n) is 1.26. The average molecular weight is 216 g/mol. The summed E-state index contributed by atoms with van der Waals surface area (Å²) in [6, 6.07) is 5.13. The third-order valence-electron chi connectivity index (χ3n) is 2.17. The standard InChI is InChI=1S/C11H11F3O/c1-7-3-4-8(2)9(5-7)6-10(15)11(12,13)14/h3-5H,6H2,1-2H3. The van der Waals surface area contributed by atoms with E-state index in [0.29, 0.717) is 11.1 Å². The van der Waals surface area contributed by atoms with Gasteiger partial charge in [-0.1, -0.05) is 23.8 Å². The molecule has 0 aromatic heterocycles. The van der Waals surface area contributed by atoms with Crippen molar-refractivity contribution < 1.29 is 18.0 Å². The summed E-state index contributed by atoms with van der Waals surface area (Å²) in [5.41, 5.74) is 2.00. The molecule has 0 aliphatic carbocycles. The lowest BCUT2D eigenvalue weighted by molar-refractivity contribution is -0.170. The van der Waals surface area contributed by atoms with Crippen LogP contribution in [-0.4, -0.2) is 12.0 Å². The molecule has 0 aliphatic heterocycles. The summed E-state index contributed by atoms with van der Waals surface area (Å²) in [5.74, 6) is -1.70. The van der Waals surface area contributed by atoms with E-state index in [-0.39, 0.29) is 0 Å². The van der Waals surface area contributed by atoms with Crippen molar-refractivity contribution in [2.75, 3.05) is 0 Å². The minimum Gasteiger partial charge on any atom is -0.289 e. The third kappa shape index (κ3) is 3.08. The lowest BCUT2D eigenvalue weighted by Gasteiger charge is -2.08. The zero-order valence-corrected chi connectivity index (χ0v) is 8.48. The van der Waals surface area contributed by atoms with E-state index in [4.69, 9.17) is 0 Å². The zero-order valence-electron chi connectivity index (χ0n) is 8.48. The van der Waals surface area contributed by atoms with Crippen LogP contribution in [0, 0.1) is 13.8 Å². The van der Waals surface area contributed by atoms with Crippen LogP contribution < -0.4 is 0 Å². The predicted molar refractivity (Wildman–Crippen MR) is 50.7 cm³/mol. The van der Waals surface area contributed by atoms with E-state index < -0.39 is 18.4 Å². The Morgan fingerprint density at radius 3 is 2.40 bits per heavy atom. The Morgan fingerprint density at radius 2 is 1.87 bits per heavy atom. The minimum absolute atomic E-state index is 0.442. The van der Waals surface area contributed by atoms with Crippen molar-refractivity contribution in [1.29, 1.82) is 0 Å². The number of ketones is 1. The molecule has 0 saturated carbocycles. The van der Waals surface area contributed by atoms with Gasteiger partial charge in [-0.15, -0.1) is 0 Å². The number of Topliss-reactive ketones (excluding diaryl/α,β-unsaturated/α-hetero) is 1. The van der Waals surface area contributed by atoms with Crippen molar-refractivity contribution in [2.45, 2.75) is 26.4 Å². The van der Waals surface area contributed by atoms with Gasteiger partial charge in [0.2, 0.25) is 5.78 Å². The van der Waals surface area contributed by atoms with Crippen molar-refractivity contribution >= 4 is 5.78 Å². The first-order valence-electron chi connectivity index (χ1n) is 4.47. The molecule has 0 fully saturated rings. The van der Waals surface area contributed by atoms with Gasteiger partial charge in [0.25, 0.3) is 0 Å². The van der Waals surface area contributed by atoms with Crippen LogP contribution in [0.15, 0.2) is 18.2 Å². The molecule has 0 heterocycles. The molecule has 0 amide bonds. The molecule has 0 saturated heterocycles. The SMILES string of the molecule is Cc1ccc(C)c(CC(=O)C(F)(F)F)c1. The number of rotatable bonds is 2. The highest BCUT2D eigenvalue weighted by molar-refractivity contribution is 5.86. The van der Waals surface area contributed by atoms with Gasteiger partial charge in [-0.25, -0.2) is 0 Å². The van der Waals surface area contributed by atoms with Crippen molar-refractivity contribution in [3.05, 3.63) is 34.9 Å². The number of halogens is 3. The van der Waals surface area contributed by atoms with Crippen LogP contribution in [0.25, 0.3) is 0 Å². The Balaban J connectivity index is 2.90. The Hall–Kier alpha value is -1.32. The second kappa shape index (κ2) is 4.04. The molecule has 0 aliphatic rings. The van der Waals surface area contributed by atoms with Gasteiger partial charge < -0.3 is 0 Å². The molecule has 1 aromatic rings. The molecule has 0 radical (unpaired) electrons. The van der Waals surface area contributed by atoms with Gasteiger partial charge in [0.15, 0.2) is 0 Å². The fraction of sp³-hybridized carbons (Fsp3) is 0.364. The van der Waals surface area contributed by atoms with E-state index in [1.807, 2.05) is 0 Å². The highest BCUT2D eigenvalue weighted by Crippen LogP contribution is 2.20. The molecule has 4 heteroatoms. The van der Waals surface area contributed by atoms with Crippen LogP contribution in [0.5, 0.6) is 0 Å². The summed E-state index contributed by atoms with van der Waals surface area (Å²) in [5, 5.41) is 0. The van der Waals surface area contributed by atoms with Crippen LogP contribution in [0.3, 0.4) is 0 Å². The molecular weight excluding hydrogens is 205 g/mol. The number of hydrogen-bond acceptors (Lipinski definition) is 1. The van der Waals surface area contributed by atoms with E-state index in [1.165, 1.54) is 0 Å². The molecule has 1 rings (SSSR count). The van der Waals surface area contributed by atoms with E-state index in [0.717, 1.165) is 5.56 Å². The molecule has 0 N–H and O–H groups in total. The fourth-order valence-corrected chi connectivity index (χ4v) is 1.26. The van der Waals surface area contributed by atoms with Gasteiger partial charge >= 0.3 is 6.18 Å². The smallest absolute Gasteiger partial charge is 0.289 e. The average Bonchev–Trinajstić information content (AvgIpc) is 2.09. The molecule has 82 valence electrons. The number of carbonyl (C=O) groups is 1. The maximum absolute atomic E-state index is 12.0. The molecule has 1 aromatic carbocycles. The molecule has 0 bridgehead atoms. The van der Waals surface area contributed by atoms with E-state index in [1.54, 1.807) is 32.0 Å². The Kier molecular flexibility index (Phi) is 3.17. The third-order valence-corrected chi connectivity index (χ3v) is 2.17. The van der Waals surface area contributed by atoms with Crippen LogP contribution in [0.4, 0.5) is 13.2 Å². The minimum atomic E-state index is -4.74. The molecule has 0 unspecified atom stereocenters. The summed E-state index contributed by atoms with van der Waals surface area (Å²) < 4.78 is 36.1. The quantitative estimate of drug-likeness (QED) is 0.742. The van der Waals surface area contributed by atoms with E-state index >= 15 is 0 Å². The first-order chi connectivity index (χ1) is 6.80. The maximum atomic E-state index is 12.0. The van der Waals surface area contributed by atoms with Crippen LogP contribution in [0.2, 0.25) is 0 Å². The Labute approximate surface area is 85.9 Å². The van der Waals surface area contributed by atoms with Gasteiger partial charge in [-0.3, -0.25) is 4.79 Å².